The highest BCUT2D eigenvalue weighted by Crippen LogP contribution is 2.17. The summed E-state index contributed by atoms with van der Waals surface area (Å²) in [6.45, 7) is 15.1. The zero-order valence-electron chi connectivity index (χ0n) is 23.4. The maximum absolute atomic E-state index is 12.2. The van der Waals surface area contributed by atoms with Gasteiger partial charge in [0.25, 0.3) is 0 Å². The zero-order chi connectivity index (χ0) is 27.6. The summed E-state index contributed by atoms with van der Waals surface area (Å²) in [5, 5.41) is 2.60. The second-order valence-electron chi connectivity index (χ2n) is 10.2. The van der Waals surface area contributed by atoms with Crippen LogP contribution in [0.1, 0.15) is 96.3 Å². The van der Waals surface area contributed by atoms with Gasteiger partial charge in [-0.3, -0.25) is 0 Å². The number of carbonyl (C=O) groups excluding carboxylic acids is 1. The monoisotopic (exact) mass is 506 g/mol. The van der Waals surface area contributed by atoms with Crippen molar-refractivity contribution in [3.8, 4) is 0 Å². The number of amides is 1. The number of rotatable bonds is 9. The molecule has 0 saturated carbocycles. The molecule has 0 saturated heterocycles. The Morgan fingerprint density at radius 3 is 2.14 bits per heavy atom. The normalized spacial score (nSPS) is 10.6. The van der Waals surface area contributed by atoms with E-state index in [-0.39, 0.29) is 6.09 Å². The molecule has 0 aliphatic rings. The number of halogens is 2. The molecule has 0 aliphatic carbocycles. The lowest BCUT2D eigenvalue weighted by Gasteiger charge is -2.19. The number of nitrogens with two attached hydrogens (primary N) is 1. The molecule has 1 amide bonds. The Balaban J connectivity index is 0.000000527. The minimum absolute atomic E-state index is 0.379. The van der Waals surface area contributed by atoms with E-state index in [4.69, 9.17) is 10.5 Å². The fourth-order valence-corrected chi connectivity index (χ4v) is 3.16. The molecule has 4 nitrogen and oxygen atoms in total. The first-order chi connectivity index (χ1) is 16.9. The van der Waals surface area contributed by atoms with Gasteiger partial charge in [0, 0.05) is 12.6 Å². The van der Waals surface area contributed by atoms with Gasteiger partial charge >= 0.3 is 6.09 Å². The van der Waals surface area contributed by atoms with Crippen LogP contribution in [-0.4, -0.2) is 24.8 Å². The predicted octanol–water partition coefficient (Wildman–Crippen LogP) is 8.07. The third kappa shape index (κ3) is 18.8. The molecule has 0 atom stereocenters. The van der Waals surface area contributed by atoms with E-state index in [9.17, 15) is 13.6 Å². The number of aryl methyl sites for hydroxylation is 2. The van der Waals surface area contributed by atoms with Crippen molar-refractivity contribution in [3.05, 3.63) is 70.8 Å². The van der Waals surface area contributed by atoms with Crippen LogP contribution in [0.3, 0.4) is 0 Å². The molecule has 36 heavy (non-hydrogen) atoms. The van der Waals surface area contributed by atoms with Crippen molar-refractivity contribution in [1.29, 1.82) is 0 Å². The second kappa shape index (κ2) is 18.8. The summed E-state index contributed by atoms with van der Waals surface area (Å²) in [5.74, 6) is -0.388. The molecule has 0 fully saturated rings. The molecule has 3 N–H and O–H groups in total. The molecule has 0 unspecified atom stereocenters. The summed E-state index contributed by atoms with van der Waals surface area (Å²) in [4.78, 5) is 11.0. The third-order valence-electron chi connectivity index (χ3n) is 4.99. The van der Waals surface area contributed by atoms with Crippen LogP contribution in [0.15, 0.2) is 42.5 Å². The Morgan fingerprint density at radius 1 is 1.00 bits per heavy atom. The first-order valence-electron chi connectivity index (χ1n) is 13.1. The van der Waals surface area contributed by atoms with Crippen LogP contribution in [-0.2, 0) is 11.2 Å². The van der Waals surface area contributed by atoms with Gasteiger partial charge in [-0.1, -0.05) is 64.3 Å². The summed E-state index contributed by atoms with van der Waals surface area (Å²) in [6.07, 6.45) is 7.07. The van der Waals surface area contributed by atoms with Crippen molar-refractivity contribution in [2.24, 2.45) is 5.73 Å². The fraction of sp³-hybridized carbons (Fsp3) is 0.567. The number of nitrogens with one attached hydrogen (secondary N) is 1. The van der Waals surface area contributed by atoms with E-state index >= 15 is 0 Å². The first-order valence-corrected chi connectivity index (χ1v) is 13.1. The fourth-order valence-electron chi connectivity index (χ4n) is 3.16. The summed E-state index contributed by atoms with van der Waals surface area (Å²) < 4.78 is 29.4. The minimum atomic E-state index is -0.521. The Labute approximate surface area is 218 Å². The van der Waals surface area contributed by atoms with Gasteiger partial charge in [-0.2, -0.15) is 0 Å². The highest BCUT2D eigenvalue weighted by atomic mass is 19.1. The van der Waals surface area contributed by atoms with Crippen molar-refractivity contribution in [2.75, 3.05) is 13.1 Å². The van der Waals surface area contributed by atoms with E-state index in [2.05, 4.69) is 50.4 Å². The molecule has 2 rings (SSSR count). The van der Waals surface area contributed by atoms with Crippen molar-refractivity contribution >= 4 is 6.09 Å². The van der Waals surface area contributed by atoms with Gasteiger partial charge in [0.1, 0.15) is 17.2 Å². The zero-order valence-corrected chi connectivity index (χ0v) is 23.4. The summed E-state index contributed by atoms with van der Waals surface area (Å²) in [7, 11) is 0. The Morgan fingerprint density at radius 2 is 1.64 bits per heavy atom. The molecule has 204 valence electrons. The van der Waals surface area contributed by atoms with Crippen molar-refractivity contribution in [2.45, 2.75) is 98.5 Å². The van der Waals surface area contributed by atoms with Crippen molar-refractivity contribution < 1.29 is 18.3 Å². The lowest BCUT2D eigenvalue weighted by molar-refractivity contribution is 0.0527. The van der Waals surface area contributed by atoms with Crippen molar-refractivity contribution in [1.82, 2.24) is 5.32 Å². The number of benzene rings is 2. The van der Waals surface area contributed by atoms with Crippen LogP contribution in [0.25, 0.3) is 0 Å². The van der Waals surface area contributed by atoms with Crippen molar-refractivity contribution in [3.63, 3.8) is 0 Å². The first kappa shape index (κ1) is 33.5. The largest absolute Gasteiger partial charge is 0.444 e. The topological polar surface area (TPSA) is 64.3 Å². The third-order valence-corrected chi connectivity index (χ3v) is 4.99. The Hall–Kier alpha value is -2.47. The molecular weight excluding hydrogens is 458 g/mol. The number of alkyl carbamates (subject to hydrolysis) is 1. The lowest BCUT2D eigenvalue weighted by Crippen LogP contribution is -2.33. The van der Waals surface area contributed by atoms with Crippen LogP contribution < -0.4 is 11.1 Å². The van der Waals surface area contributed by atoms with Crippen LogP contribution in [0.4, 0.5) is 13.6 Å². The molecule has 0 aliphatic heterocycles. The number of ether oxygens (including phenoxy) is 1. The molecule has 2 aromatic carbocycles. The number of hydrogen-bond acceptors (Lipinski definition) is 3. The second-order valence-corrected chi connectivity index (χ2v) is 10.2. The predicted molar refractivity (Wildman–Crippen MR) is 147 cm³/mol. The molecule has 0 heterocycles. The highest BCUT2D eigenvalue weighted by molar-refractivity contribution is 5.67. The standard InChI is InChI=1S/C15H24.C8H18N2O2.C7H6F2/c1-4-5-6-7-9-14-10-8-11-15(12-14)13(2)3;1-8(2,3)12-7(11)10-6-4-5-9;1-5-2-6(8)4-7(9)3-5/h8,10-13H,4-7,9H2,1-3H3;4-6,9H2,1-3H3,(H,10,11);2-4H,1H3. The Kier molecular flexibility index (Phi) is 17.5. The van der Waals surface area contributed by atoms with E-state index < -0.39 is 17.2 Å². The molecule has 2 aromatic rings. The van der Waals surface area contributed by atoms with Crippen LogP contribution >= 0.6 is 0 Å². The maximum atomic E-state index is 12.2. The van der Waals surface area contributed by atoms with Gasteiger partial charge in [-0.15, -0.1) is 0 Å². The SMILES string of the molecule is CC(C)(C)OC(=O)NCCCN.CCCCCCc1cccc(C(C)C)c1.Cc1cc(F)cc(F)c1. The van der Waals surface area contributed by atoms with E-state index in [1.54, 1.807) is 6.92 Å². The highest BCUT2D eigenvalue weighted by Gasteiger charge is 2.15. The number of carbonyl (C=O) groups is 1. The van der Waals surface area contributed by atoms with Gasteiger partial charge in [0.2, 0.25) is 0 Å². The van der Waals surface area contributed by atoms with Gasteiger partial charge in [0.15, 0.2) is 0 Å². The molecule has 0 spiro atoms. The number of unbranched alkanes of at least 4 members (excludes halogenated alkanes) is 3. The van der Waals surface area contributed by atoms with Gasteiger partial charge in [-0.05, 0) is 88.2 Å². The van der Waals surface area contributed by atoms with E-state index in [1.807, 2.05) is 20.8 Å². The van der Waals surface area contributed by atoms with Crippen LogP contribution in [0.2, 0.25) is 0 Å². The van der Waals surface area contributed by atoms with Crippen LogP contribution in [0, 0.1) is 18.6 Å². The number of hydrogen-bond donors (Lipinski definition) is 2. The smallest absolute Gasteiger partial charge is 0.407 e. The molecule has 0 bridgehead atoms. The van der Waals surface area contributed by atoms with E-state index in [1.165, 1.54) is 55.4 Å². The summed E-state index contributed by atoms with van der Waals surface area (Å²) >= 11 is 0. The van der Waals surface area contributed by atoms with Gasteiger partial charge in [0.05, 0.1) is 0 Å². The summed E-state index contributed by atoms with van der Waals surface area (Å²) in [5.41, 5.74) is 8.42. The van der Waals surface area contributed by atoms with E-state index in [0.29, 0.717) is 24.6 Å². The molecular formula is C30H48F2N2O2. The maximum Gasteiger partial charge on any atom is 0.407 e. The van der Waals surface area contributed by atoms with Gasteiger partial charge < -0.3 is 15.8 Å². The Bertz CT molecular complexity index is 814. The van der Waals surface area contributed by atoms with E-state index in [0.717, 1.165) is 12.5 Å². The molecule has 0 radical (unpaired) electrons. The summed E-state index contributed by atoms with van der Waals surface area (Å²) in [6, 6.07) is 12.5. The lowest BCUT2D eigenvalue weighted by atomic mass is 9.98. The molecule has 6 heteroatoms. The van der Waals surface area contributed by atoms with Crippen LogP contribution in [0.5, 0.6) is 0 Å². The minimum Gasteiger partial charge on any atom is -0.444 e. The van der Waals surface area contributed by atoms with Gasteiger partial charge in [-0.25, -0.2) is 13.6 Å². The quantitative estimate of drug-likeness (QED) is 0.338. The molecule has 0 aromatic heterocycles. The average molecular weight is 507 g/mol. The average Bonchev–Trinajstić information content (AvgIpc) is 2.76.